The molecule has 1 aliphatic rings. The maximum absolute atomic E-state index is 4.80. The Labute approximate surface area is 166 Å². The van der Waals surface area contributed by atoms with Crippen LogP contribution in [0.3, 0.4) is 0 Å². The molecule has 2 aromatic heterocycles. The van der Waals surface area contributed by atoms with Gasteiger partial charge in [-0.25, -0.2) is 9.98 Å². The number of nitrogens with zero attached hydrogens (tertiary/aromatic N) is 4. The molecule has 2 N–H and O–H groups in total. The van der Waals surface area contributed by atoms with Gasteiger partial charge < -0.3 is 20.4 Å². The maximum atomic E-state index is 4.80. The number of pyridine rings is 1. The van der Waals surface area contributed by atoms with Crippen LogP contribution >= 0.6 is 11.3 Å². The minimum Gasteiger partial charge on any atom is -0.357 e. The van der Waals surface area contributed by atoms with Crippen LogP contribution < -0.4 is 15.5 Å². The van der Waals surface area contributed by atoms with Crippen LogP contribution in [-0.4, -0.2) is 55.6 Å². The van der Waals surface area contributed by atoms with Gasteiger partial charge in [0.05, 0.1) is 13.1 Å². The number of anilines is 1. The van der Waals surface area contributed by atoms with E-state index >= 15 is 0 Å². The first-order valence-corrected chi connectivity index (χ1v) is 10.4. The highest BCUT2D eigenvalue weighted by molar-refractivity contribution is 7.11. The zero-order chi connectivity index (χ0) is 19.1. The second-order valence-corrected chi connectivity index (χ2v) is 8.21. The highest BCUT2D eigenvalue weighted by atomic mass is 32.1. The van der Waals surface area contributed by atoms with Crippen molar-refractivity contribution in [3.63, 3.8) is 0 Å². The van der Waals surface area contributed by atoms with Crippen molar-refractivity contribution in [2.75, 3.05) is 44.7 Å². The lowest BCUT2D eigenvalue weighted by molar-refractivity contribution is 0.312. The number of thiophene rings is 1. The predicted molar refractivity (Wildman–Crippen MR) is 115 cm³/mol. The monoisotopic (exact) mass is 386 g/mol. The molecule has 0 spiro atoms. The Morgan fingerprint density at radius 1 is 1.19 bits per heavy atom. The summed E-state index contributed by atoms with van der Waals surface area (Å²) in [5, 5.41) is 6.77. The molecule has 0 bridgehead atoms. The van der Waals surface area contributed by atoms with Crippen LogP contribution in [-0.2, 0) is 13.1 Å². The van der Waals surface area contributed by atoms with Crippen LogP contribution in [0.5, 0.6) is 0 Å². The van der Waals surface area contributed by atoms with Crippen LogP contribution in [0.1, 0.15) is 22.2 Å². The van der Waals surface area contributed by atoms with Gasteiger partial charge in [-0.15, -0.1) is 11.3 Å². The molecule has 1 fully saturated rings. The van der Waals surface area contributed by atoms with Crippen molar-refractivity contribution in [2.24, 2.45) is 4.99 Å². The van der Waals surface area contributed by atoms with E-state index in [-0.39, 0.29) is 0 Å². The van der Waals surface area contributed by atoms with E-state index in [9.17, 15) is 0 Å². The van der Waals surface area contributed by atoms with Crippen molar-refractivity contribution in [2.45, 2.75) is 26.9 Å². The second-order valence-electron chi connectivity index (χ2n) is 6.84. The first kappa shape index (κ1) is 19.6. The molecule has 0 amide bonds. The molecule has 2 aromatic rings. The summed E-state index contributed by atoms with van der Waals surface area (Å²) in [6.45, 7) is 10.7. The van der Waals surface area contributed by atoms with Crippen LogP contribution in [0.4, 0.5) is 5.82 Å². The Kier molecular flexibility index (Phi) is 7.06. The van der Waals surface area contributed by atoms with Gasteiger partial charge in [0.15, 0.2) is 5.96 Å². The predicted octanol–water partition coefficient (Wildman–Crippen LogP) is 2.46. The Hall–Kier alpha value is -2.12. The number of piperazine rings is 1. The van der Waals surface area contributed by atoms with Crippen LogP contribution in [0, 0.1) is 6.92 Å². The molecule has 7 heteroatoms. The van der Waals surface area contributed by atoms with Gasteiger partial charge >= 0.3 is 0 Å². The maximum Gasteiger partial charge on any atom is 0.191 e. The summed E-state index contributed by atoms with van der Waals surface area (Å²) in [7, 11) is 2.17. The van der Waals surface area contributed by atoms with E-state index < -0.39 is 0 Å². The van der Waals surface area contributed by atoms with Crippen molar-refractivity contribution in [1.29, 1.82) is 0 Å². The van der Waals surface area contributed by atoms with Crippen LogP contribution in [0.15, 0.2) is 35.5 Å². The van der Waals surface area contributed by atoms with Crippen molar-refractivity contribution in [3.8, 4) is 0 Å². The Balaban J connectivity index is 1.66. The molecule has 146 valence electrons. The average Bonchev–Trinajstić information content (AvgIpc) is 3.10. The summed E-state index contributed by atoms with van der Waals surface area (Å²) in [6, 6.07) is 8.46. The lowest BCUT2D eigenvalue weighted by atomic mass is 10.2. The van der Waals surface area contributed by atoms with E-state index in [2.05, 4.69) is 64.5 Å². The zero-order valence-corrected chi connectivity index (χ0v) is 17.4. The molecule has 0 aromatic carbocycles. The minimum atomic E-state index is 0.619. The molecule has 0 aliphatic carbocycles. The number of aryl methyl sites for hydroxylation is 1. The van der Waals surface area contributed by atoms with Crippen molar-refractivity contribution < 1.29 is 0 Å². The number of rotatable bonds is 6. The van der Waals surface area contributed by atoms with Crippen molar-refractivity contribution in [3.05, 3.63) is 45.8 Å². The van der Waals surface area contributed by atoms with Gasteiger partial charge in [0.25, 0.3) is 0 Å². The van der Waals surface area contributed by atoms with Gasteiger partial charge in [-0.3, -0.25) is 0 Å². The molecule has 27 heavy (non-hydrogen) atoms. The number of hydrogen-bond donors (Lipinski definition) is 2. The normalized spacial score (nSPS) is 15.8. The smallest absolute Gasteiger partial charge is 0.191 e. The Morgan fingerprint density at radius 2 is 2.00 bits per heavy atom. The lowest BCUT2D eigenvalue weighted by Gasteiger charge is -2.34. The summed E-state index contributed by atoms with van der Waals surface area (Å²) in [5.41, 5.74) is 1.17. The highest BCUT2D eigenvalue weighted by Crippen LogP contribution is 2.19. The standard InChI is InChI=1S/C20H30N6S/c1-4-21-20(24-15-18-8-7-16(2)27-18)23-14-17-6-5-9-22-19(17)26-12-10-25(3)11-13-26/h5-9H,4,10-15H2,1-3H3,(H2,21,23,24). The molecule has 0 atom stereocenters. The molecule has 0 saturated carbocycles. The van der Waals surface area contributed by atoms with E-state index in [1.165, 1.54) is 15.3 Å². The van der Waals surface area contributed by atoms with Gasteiger partial charge in [-0.1, -0.05) is 6.07 Å². The molecule has 0 unspecified atom stereocenters. The fourth-order valence-electron chi connectivity index (χ4n) is 3.11. The van der Waals surface area contributed by atoms with Crippen molar-refractivity contribution in [1.82, 2.24) is 20.5 Å². The van der Waals surface area contributed by atoms with E-state index in [1.807, 2.05) is 23.6 Å². The topological polar surface area (TPSA) is 55.8 Å². The summed E-state index contributed by atoms with van der Waals surface area (Å²) >= 11 is 1.82. The van der Waals surface area contributed by atoms with E-state index in [4.69, 9.17) is 4.99 Å². The third-order valence-electron chi connectivity index (χ3n) is 4.65. The first-order chi connectivity index (χ1) is 13.2. The molecule has 1 saturated heterocycles. The molecule has 3 rings (SSSR count). The molecular formula is C20H30N6S. The fraction of sp³-hybridized carbons (Fsp3) is 0.500. The largest absolute Gasteiger partial charge is 0.357 e. The quantitative estimate of drug-likeness (QED) is 0.590. The van der Waals surface area contributed by atoms with Crippen molar-refractivity contribution >= 4 is 23.1 Å². The summed E-state index contributed by atoms with van der Waals surface area (Å²) < 4.78 is 0. The number of nitrogens with one attached hydrogen (secondary N) is 2. The molecule has 1 aliphatic heterocycles. The summed E-state index contributed by atoms with van der Waals surface area (Å²) in [4.78, 5) is 16.8. The molecular weight excluding hydrogens is 356 g/mol. The SMILES string of the molecule is CCNC(=NCc1cccnc1N1CCN(C)CC1)NCc1ccc(C)s1. The summed E-state index contributed by atoms with van der Waals surface area (Å²) in [5.74, 6) is 1.91. The molecule has 0 radical (unpaired) electrons. The number of aromatic nitrogens is 1. The molecule has 6 nitrogen and oxygen atoms in total. The van der Waals surface area contributed by atoms with E-state index in [0.717, 1.165) is 51.0 Å². The number of hydrogen-bond acceptors (Lipinski definition) is 5. The number of guanidine groups is 1. The van der Waals surface area contributed by atoms with Gasteiger partial charge in [-0.2, -0.15) is 0 Å². The van der Waals surface area contributed by atoms with E-state index in [0.29, 0.717) is 6.54 Å². The van der Waals surface area contributed by atoms with Gasteiger partial charge in [0.1, 0.15) is 5.82 Å². The van der Waals surface area contributed by atoms with Gasteiger partial charge in [0, 0.05) is 54.2 Å². The average molecular weight is 387 g/mol. The van der Waals surface area contributed by atoms with Gasteiger partial charge in [-0.05, 0) is 39.1 Å². The third-order valence-corrected chi connectivity index (χ3v) is 5.65. The first-order valence-electron chi connectivity index (χ1n) is 9.60. The highest BCUT2D eigenvalue weighted by Gasteiger charge is 2.17. The number of likely N-dealkylation sites (N-methyl/N-ethyl adjacent to an activating group) is 1. The summed E-state index contributed by atoms with van der Waals surface area (Å²) in [6.07, 6.45) is 1.88. The third kappa shape index (κ3) is 5.68. The van der Waals surface area contributed by atoms with Crippen LogP contribution in [0.2, 0.25) is 0 Å². The minimum absolute atomic E-state index is 0.619. The fourth-order valence-corrected chi connectivity index (χ4v) is 3.94. The lowest BCUT2D eigenvalue weighted by Crippen LogP contribution is -2.45. The second kappa shape index (κ2) is 9.71. The zero-order valence-electron chi connectivity index (χ0n) is 16.5. The van der Waals surface area contributed by atoms with Gasteiger partial charge in [0.2, 0.25) is 0 Å². The van der Waals surface area contributed by atoms with E-state index in [1.54, 1.807) is 0 Å². The Morgan fingerprint density at radius 3 is 2.70 bits per heavy atom. The Bertz CT molecular complexity index is 748. The number of aliphatic imine (C=N–C) groups is 1. The molecule has 3 heterocycles. The van der Waals surface area contributed by atoms with Crippen LogP contribution in [0.25, 0.3) is 0 Å².